The molecule has 0 fully saturated rings. The highest BCUT2D eigenvalue weighted by Crippen LogP contribution is 2.37. The Morgan fingerprint density at radius 3 is 2.22 bits per heavy atom. The van der Waals surface area contributed by atoms with Gasteiger partial charge in [-0.25, -0.2) is 0 Å². The molecule has 0 spiro atoms. The Morgan fingerprint density at radius 1 is 0.783 bits per heavy atom. The molecule has 5 nitrogen and oxygen atoms in total. The zero-order valence-corrected chi connectivity index (χ0v) is 12.4. The molecular weight excluding hydrogens is 314 g/mol. The monoisotopic (exact) mass is 321 g/mol. The highest BCUT2D eigenvalue weighted by atomic mass is 35.5. The quantitative estimate of drug-likeness (QED) is 0.539. The molecule has 0 bridgehead atoms. The van der Waals surface area contributed by atoms with Crippen LogP contribution in [0.3, 0.4) is 0 Å². The first-order chi connectivity index (χ1) is 11.2. The van der Waals surface area contributed by atoms with Crippen molar-refractivity contribution in [2.45, 2.75) is 0 Å². The van der Waals surface area contributed by atoms with Crippen LogP contribution in [0.2, 0.25) is 5.02 Å². The number of fused-ring (bicyclic) bond motifs is 2. The van der Waals surface area contributed by atoms with E-state index in [2.05, 4.69) is 15.4 Å². The molecule has 0 saturated carbocycles. The first-order valence-electron chi connectivity index (χ1n) is 6.84. The molecule has 1 aliphatic rings. The van der Waals surface area contributed by atoms with Crippen LogP contribution in [0.5, 0.6) is 0 Å². The molecule has 6 heteroatoms. The smallest absolute Gasteiger partial charge is 0.195 e. The number of carbonyl (C=O) groups is 2. The van der Waals surface area contributed by atoms with Crippen LogP contribution >= 0.6 is 11.6 Å². The third-order valence-electron chi connectivity index (χ3n) is 3.80. The first-order valence-corrected chi connectivity index (χ1v) is 7.22. The van der Waals surface area contributed by atoms with Crippen molar-refractivity contribution in [2.75, 3.05) is 0 Å². The summed E-state index contributed by atoms with van der Waals surface area (Å²) in [4.78, 5) is 25.6. The molecule has 23 heavy (non-hydrogen) atoms. The molecule has 0 aliphatic heterocycles. The van der Waals surface area contributed by atoms with Gasteiger partial charge in [0.1, 0.15) is 0 Å². The highest BCUT2D eigenvalue weighted by molar-refractivity contribution is 6.37. The zero-order chi connectivity index (χ0) is 16.0. The third-order valence-corrected chi connectivity index (χ3v) is 4.12. The van der Waals surface area contributed by atoms with E-state index >= 15 is 0 Å². The van der Waals surface area contributed by atoms with Gasteiger partial charge in [0.15, 0.2) is 11.6 Å². The number of rotatable bonds is 1. The van der Waals surface area contributed by atoms with Gasteiger partial charge in [0.05, 0.1) is 16.9 Å². The van der Waals surface area contributed by atoms with Crippen LogP contribution in [-0.2, 0) is 0 Å². The van der Waals surface area contributed by atoms with Gasteiger partial charge in [-0.05, 0) is 23.4 Å². The van der Waals surface area contributed by atoms with E-state index in [9.17, 15) is 9.59 Å². The van der Waals surface area contributed by atoms with Gasteiger partial charge in [-0.3, -0.25) is 9.59 Å². The second-order valence-electron chi connectivity index (χ2n) is 5.05. The molecule has 110 valence electrons. The fourth-order valence-corrected chi connectivity index (χ4v) is 3.04. The minimum absolute atomic E-state index is 0.199. The average Bonchev–Trinajstić information content (AvgIpc) is 2.60. The maximum Gasteiger partial charge on any atom is 0.195 e. The van der Waals surface area contributed by atoms with E-state index in [4.69, 9.17) is 11.6 Å². The molecule has 1 heterocycles. The number of aromatic nitrogens is 3. The van der Waals surface area contributed by atoms with Crippen molar-refractivity contribution in [3.63, 3.8) is 0 Å². The number of ketones is 2. The maximum absolute atomic E-state index is 12.9. The van der Waals surface area contributed by atoms with Crippen LogP contribution < -0.4 is 0 Å². The van der Waals surface area contributed by atoms with E-state index < -0.39 is 0 Å². The maximum atomic E-state index is 12.9. The molecule has 4 rings (SSSR count). The Hall–Kier alpha value is -2.92. The van der Waals surface area contributed by atoms with Gasteiger partial charge < -0.3 is 0 Å². The Labute approximate surface area is 135 Å². The summed E-state index contributed by atoms with van der Waals surface area (Å²) in [6.45, 7) is 0. The lowest BCUT2D eigenvalue weighted by molar-refractivity contribution is 0.0979. The highest BCUT2D eigenvalue weighted by Gasteiger charge is 2.33. The zero-order valence-electron chi connectivity index (χ0n) is 11.7. The predicted octanol–water partition coefficient (Wildman–Crippen LogP) is 2.97. The van der Waals surface area contributed by atoms with Crippen LogP contribution in [0, 0.1) is 0 Å². The SMILES string of the molecule is O=C1c2ccccc2C(=O)c2c1ccc(Cl)c2-c1ccnnn1. The van der Waals surface area contributed by atoms with Gasteiger partial charge in [0.2, 0.25) is 0 Å². The predicted molar refractivity (Wildman–Crippen MR) is 83.6 cm³/mol. The molecule has 1 aliphatic carbocycles. The Morgan fingerprint density at radius 2 is 1.52 bits per heavy atom. The van der Waals surface area contributed by atoms with Crippen LogP contribution in [0.15, 0.2) is 48.7 Å². The minimum atomic E-state index is -0.244. The molecule has 0 N–H and O–H groups in total. The molecule has 0 atom stereocenters. The van der Waals surface area contributed by atoms with Crippen molar-refractivity contribution in [2.24, 2.45) is 0 Å². The summed E-state index contributed by atoms with van der Waals surface area (Å²) in [7, 11) is 0. The van der Waals surface area contributed by atoms with Gasteiger partial charge in [0.25, 0.3) is 0 Å². The molecule has 0 radical (unpaired) electrons. The Bertz CT molecular complexity index is 971. The molecule has 2 aromatic carbocycles. The summed E-state index contributed by atoms with van der Waals surface area (Å²) in [6.07, 6.45) is 1.46. The van der Waals surface area contributed by atoms with Crippen LogP contribution in [-0.4, -0.2) is 27.0 Å². The van der Waals surface area contributed by atoms with E-state index in [1.807, 2.05) is 0 Å². The lowest BCUT2D eigenvalue weighted by atomic mass is 9.81. The second kappa shape index (κ2) is 5.07. The van der Waals surface area contributed by atoms with E-state index in [0.717, 1.165) is 0 Å². The topological polar surface area (TPSA) is 72.8 Å². The van der Waals surface area contributed by atoms with Crippen molar-refractivity contribution < 1.29 is 9.59 Å². The summed E-state index contributed by atoms with van der Waals surface area (Å²) in [5, 5.41) is 11.5. The van der Waals surface area contributed by atoms with Crippen molar-refractivity contribution in [1.82, 2.24) is 15.4 Å². The minimum Gasteiger partial charge on any atom is -0.289 e. The van der Waals surface area contributed by atoms with Crippen molar-refractivity contribution >= 4 is 23.2 Å². The van der Waals surface area contributed by atoms with Crippen molar-refractivity contribution in [3.05, 3.63) is 75.9 Å². The number of benzene rings is 2. The summed E-state index contributed by atoms with van der Waals surface area (Å²) < 4.78 is 0. The largest absolute Gasteiger partial charge is 0.289 e. The van der Waals surface area contributed by atoms with Crippen molar-refractivity contribution in [1.29, 1.82) is 0 Å². The summed E-state index contributed by atoms with van der Waals surface area (Å²) in [5.41, 5.74) is 2.18. The summed E-state index contributed by atoms with van der Waals surface area (Å²) >= 11 is 6.28. The second-order valence-corrected chi connectivity index (χ2v) is 5.46. The van der Waals surface area contributed by atoms with Gasteiger partial charge >= 0.3 is 0 Å². The summed E-state index contributed by atoms with van der Waals surface area (Å²) in [6, 6.07) is 11.5. The molecule has 0 amide bonds. The molecule has 3 aromatic rings. The van der Waals surface area contributed by atoms with Gasteiger partial charge in [-0.2, -0.15) is 0 Å². The van der Waals surface area contributed by atoms with E-state index in [1.165, 1.54) is 6.20 Å². The van der Waals surface area contributed by atoms with E-state index in [0.29, 0.717) is 33.0 Å². The average molecular weight is 322 g/mol. The van der Waals surface area contributed by atoms with Gasteiger partial charge in [-0.1, -0.05) is 35.9 Å². The van der Waals surface area contributed by atoms with Gasteiger partial charge in [-0.15, -0.1) is 10.2 Å². The Balaban J connectivity index is 2.06. The van der Waals surface area contributed by atoms with E-state index in [1.54, 1.807) is 42.5 Å². The number of hydrogen-bond donors (Lipinski definition) is 0. The fraction of sp³-hybridized carbons (Fsp3) is 0. The number of nitrogens with zero attached hydrogens (tertiary/aromatic N) is 3. The first kappa shape index (κ1) is 13.7. The fourth-order valence-electron chi connectivity index (χ4n) is 2.79. The number of carbonyl (C=O) groups excluding carboxylic acids is 2. The Kier molecular flexibility index (Phi) is 3.02. The molecule has 0 saturated heterocycles. The van der Waals surface area contributed by atoms with Gasteiger partial charge in [0, 0.05) is 27.8 Å². The standard InChI is InChI=1S/C17H8ClN3O2/c18-12-6-5-11-14(15(12)13-7-8-19-21-20-13)17(23)10-4-2-1-3-9(10)16(11)22/h1-8H. The van der Waals surface area contributed by atoms with Crippen LogP contribution in [0.4, 0.5) is 0 Å². The third kappa shape index (κ3) is 1.98. The normalized spacial score (nSPS) is 12.7. The molecular formula is C17H8ClN3O2. The summed E-state index contributed by atoms with van der Waals surface area (Å²) in [5.74, 6) is -0.443. The van der Waals surface area contributed by atoms with Crippen LogP contribution in [0.25, 0.3) is 11.3 Å². The van der Waals surface area contributed by atoms with Crippen molar-refractivity contribution in [3.8, 4) is 11.3 Å². The molecule has 0 unspecified atom stereocenters. The number of hydrogen-bond acceptors (Lipinski definition) is 5. The lowest BCUT2D eigenvalue weighted by Crippen LogP contribution is -2.22. The molecule has 1 aromatic heterocycles. The van der Waals surface area contributed by atoms with Crippen LogP contribution in [0.1, 0.15) is 31.8 Å². The number of halogens is 1. The van der Waals surface area contributed by atoms with E-state index in [-0.39, 0.29) is 17.1 Å². The lowest BCUT2D eigenvalue weighted by Gasteiger charge is -2.20.